The van der Waals surface area contributed by atoms with Gasteiger partial charge < -0.3 is 15.5 Å². The predicted molar refractivity (Wildman–Crippen MR) is 110 cm³/mol. The number of hydrogen-bond acceptors (Lipinski definition) is 3. The third kappa shape index (κ3) is 3.92. The summed E-state index contributed by atoms with van der Waals surface area (Å²) in [5, 5.41) is 7.54. The van der Waals surface area contributed by atoms with E-state index in [2.05, 4.69) is 66.1 Å². The number of aryl methyl sites for hydroxylation is 1. The van der Waals surface area contributed by atoms with Gasteiger partial charge in [-0.15, -0.1) is 0 Å². The predicted octanol–water partition coefficient (Wildman–Crippen LogP) is 3.57. The molecule has 2 aliphatic rings. The Morgan fingerprint density at radius 1 is 1.11 bits per heavy atom. The first kappa shape index (κ1) is 18.2. The maximum Gasteiger partial charge on any atom is 0.227 e. The van der Waals surface area contributed by atoms with Crippen molar-refractivity contribution in [3.63, 3.8) is 0 Å². The van der Waals surface area contributed by atoms with E-state index < -0.39 is 0 Å². The number of rotatable bonds is 4. The third-order valence-corrected chi connectivity index (χ3v) is 6.00. The number of carbonyl (C=O) groups is 1. The fraction of sp³-hybridized carbons (Fsp3) is 0.435. The van der Waals surface area contributed by atoms with Gasteiger partial charge in [-0.1, -0.05) is 42.5 Å². The van der Waals surface area contributed by atoms with Crippen LogP contribution in [0.25, 0.3) is 0 Å². The molecule has 0 saturated carbocycles. The van der Waals surface area contributed by atoms with Gasteiger partial charge in [0.25, 0.3) is 0 Å². The Kier molecular flexibility index (Phi) is 5.28. The molecule has 0 unspecified atom stereocenters. The van der Waals surface area contributed by atoms with Crippen molar-refractivity contribution in [2.24, 2.45) is 0 Å². The summed E-state index contributed by atoms with van der Waals surface area (Å²) in [6.45, 7) is 3.09. The molecule has 2 heterocycles. The summed E-state index contributed by atoms with van der Waals surface area (Å²) in [5.74, 6) is 0.210. The van der Waals surface area contributed by atoms with E-state index >= 15 is 0 Å². The molecule has 0 bridgehead atoms. The van der Waals surface area contributed by atoms with Crippen LogP contribution in [-0.4, -0.2) is 25.0 Å². The first-order chi connectivity index (χ1) is 13.1. The Labute approximate surface area is 162 Å². The minimum atomic E-state index is 0.210. The molecule has 4 nitrogen and oxygen atoms in total. The van der Waals surface area contributed by atoms with E-state index in [0.717, 1.165) is 25.1 Å². The number of nitrogens with zero attached hydrogens (tertiary/aromatic N) is 1. The topological polar surface area (TPSA) is 44.4 Å². The lowest BCUT2D eigenvalue weighted by molar-refractivity contribution is -0.118. The van der Waals surface area contributed by atoms with Gasteiger partial charge in [-0.3, -0.25) is 4.79 Å². The van der Waals surface area contributed by atoms with Crippen LogP contribution in [0.1, 0.15) is 48.9 Å². The van der Waals surface area contributed by atoms with E-state index in [1.54, 1.807) is 4.90 Å². The van der Waals surface area contributed by atoms with Crippen molar-refractivity contribution in [1.82, 2.24) is 10.6 Å². The lowest BCUT2D eigenvalue weighted by Crippen LogP contribution is -2.49. The summed E-state index contributed by atoms with van der Waals surface area (Å²) in [7, 11) is 1.88. The molecule has 1 amide bonds. The number of piperidine rings is 1. The molecule has 0 spiro atoms. The number of hydrogen-bond donors (Lipinski definition) is 2. The van der Waals surface area contributed by atoms with Gasteiger partial charge in [-0.2, -0.15) is 0 Å². The van der Waals surface area contributed by atoms with Crippen LogP contribution in [0.3, 0.4) is 0 Å². The second-order valence-corrected chi connectivity index (χ2v) is 7.94. The largest absolute Gasteiger partial charge is 0.315 e. The molecule has 4 rings (SSSR count). The van der Waals surface area contributed by atoms with Crippen molar-refractivity contribution in [1.29, 1.82) is 0 Å². The molecular weight excluding hydrogens is 334 g/mol. The van der Waals surface area contributed by atoms with Gasteiger partial charge in [0.05, 0.1) is 0 Å². The minimum absolute atomic E-state index is 0.210. The van der Waals surface area contributed by atoms with Gasteiger partial charge in [-0.25, -0.2) is 0 Å². The van der Waals surface area contributed by atoms with Crippen molar-refractivity contribution in [3.05, 3.63) is 65.2 Å². The average molecular weight is 364 g/mol. The van der Waals surface area contributed by atoms with Crippen molar-refractivity contribution >= 4 is 11.6 Å². The maximum absolute atomic E-state index is 12.0. The summed E-state index contributed by atoms with van der Waals surface area (Å²) in [6, 6.07) is 18.6. The zero-order valence-electron chi connectivity index (χ0n) is 16.2. The van der Waals surface area contributed by atoms with Crippen LogP contribution < -0.4 is 15.5 Å². The van der Waals surface area contributed by atoms with E-state index in [4.69, 9.17) is 0 Å². The maximum atomic E-state index is 12.0. The fourth-order valence-corrected chi connectivity index (χ4v) is 4.35. The van der Waals surface area contributed by atoms with Crippen molar-refractivity contribution < 1.29 is 4.79 Å². The Morgan fingerprint density at radius 2 is 1.93 bits per heavy atom. The summed E-state index contributed by atoms with van der Waals surface area (Å²) in [5.41, 5.74) is 4.93. The van der Waals surface area contributed by atoms with Crippen LogP contribution in [0.2, 0.25) is 0 Å². The van der Waals surface area contributed by atoms with Crippen molar-refractivity contribution in [2.45, 2.75) is 57.3 Å². The highest BCUT2D eigenvalue weighted by molar-refractivity contribution is 5.95. The van der Waals surface area contributed by atoms with Crippen LogP contribution in [-0.2, 0) is 17.8 Å². The Morgan fingerprint density at radius 3 is 2.74 bits per heavy atom. The molecule has 1 fully saturated rings. The first-order valence-electron chi connectivity index (χ1n) is 10.0. The van der Waals surface area contributed by atoms with E-state index in [1.165, 1.54) is 23.1 Å². The highest BCUT2D eigenvalue weighted by Crippen LogP contribution is 2.29. The van der Waals surface area contributed by atoms with Crippen LogP contribution in [0, 0.1) is 0 Å². The summed E-state index contributed by atoms with van der Waals surface area (Å²) in [6.07, 6.45) is 3.82. The summed E-state index contributed by atoms with van der Waals surface area (Å²) in [4.78, 5) is 13.8. The molecule has 0 aromatic heterocycles. The van der Waals surface area contributed by atoms with Gasteiger partial charge in [0.2, 0.25) is 5.91 Å². The normalized spacial score (nSPS) is 25.3. The van der Waals surface area contributed by atoms with Crippen molar-refractivity contribution in [2.75, 3.05) is 11.9 Å². The van der Waals surface area contributed by atoms with E-state index in [-0.39, 0.29) is 5.91 Å². The number of anilines is 1. The highest BCUT2D eigenvalue weighted by Gasteiger charge is 2.29. The number of amides is 1. The van der Waals surface area contributed by atoms with Crippen LogP contribution in [0.15, 0.2) is 48.5 Å². The molecule has 2 N–H and O–H groups in total. The second-order valence-electron chi connectivity index (χ2n) is 7.94. The molecule has 3 atom stereocenters. The number of benzene rings is 2. The molecule has 2 aromatic rings. The Balaban J connectivity index is 1.48. The first-order valence-corrected chi connectivity index (χ1v) is 10.0. The SMILES string of the molecule is C[C@H]1CC[C@@H](NCc2ccc3c(c2)N(C)C(=O)CC3)[C@@H](c2ccccc2)N1. The molecule has 4 heteroatoms. The smallest absolute Gasteiger partial charge is 0.227 e. The quantitative estimate of drug-likeness (QED) is 0.873. The molecule has 0 radical (unpaired) electrons. The summed E-state index contributed by atoms with van der Waals surface area (Å²) >= 11 is 0. The fourth-order valence-electron chi connectivity index (χ4n) is 4.35. The van der Waals surface area contributed by atoms with Gasteiger partial charge in [-0.05, 0) is 48.9 Å². The van der Waals surface area contributed by atoms with Crippen LogP contribution in [0.5, 0.6) is 0 Å². The summed E-state index contributed by atoms with van der Waals surface area (Å²) < 4.78 is 0. The molecule has 2 aromatic carbocycles. The van der Waals surface area contributed by atoms with Gasteiger partial charge in [0, 0.05) is 43.8 Å². The Hall–Kier alpha value is -2.17. The number of nitrogens with one attached hydrogen (secondary N) is 2. The Bertz CT molecular complexity index is 805. The third-order valence-electron chi connectivity index (χ3n) is 6.00. The average Bonchev–Trinajstić information content (AvgIpc) is 2.70. The zero-order chi connectivity index (χ0) is 18.8. The second kappa shape index (κ2) is 7.83. The number of carbonyl (C=O) groups excluding carboxylic acids is 1. The molecule has 142 valence electrons. The van der Waals surface area contributed by atoms with Crippen LogP contribution >= 0.6 is 0 Å². The zero-order valence-corrected chi connectivity index (χ0v) is 16.2. The standard InChI is InChI=1S/C23H29N3O/c1-16-8-12-20(23(25-16)19-6-4-3-5-7-19)24-15-17-9-10-18-11-13-22(27)26(2)21(18)14-17/h3-7,9-10,14,16,20,23-25H,8,11-13,15H2,1-2H3/t16-,20+,23+/m0/s1. The lowest BCUT2D eigenvalue weighted by Gasteiger charge is -2.37. The van der Waals surface area contributed by atoms with Gasteiger partial charge in [0.1, 0.15) is 0 Å². The molecular formula is C23H29N3O. The molecule has 1 saturated heterocycles. The van der Waals surface area contributed by atoms with Gasteiger partial charge in [0.15, 0.2) is 0 Å². The lowest BCUT2D eigenvalue weighted by atomic mass is 9.89. The molecule has 0 aliphatic carbocycles. The van der Waals surface area contributed by atoms with Gasteiger partial charge >= 0.3 is 0 Å². The molecule has 2 aliphatic heterocycles. The van der Waals surface area contributed by atoms with Crippen LogP contribution in [0.4, 0.5) is 5.69 Å². The highest BCUT2D eigenvalue weighted by atomic mass is 16.2. The van der Waals surface area contributed by atoms with E-state index in [1.807, 2.05) is 7.05 Å². The molecule has 27 heavy (non-hydrogen) atoms. The van der Waals surface area contributed by atoms with E-state index in [0.29, 0.717) is 24.5 Å². The van der Waals surface area contributed by atoms with E-state index in [9.17, 15) is 4.79 Å². The minimum Gasteiger partial charge on any atom is -0.315 e. The van der Waals surface area contributed by atoms with Crippen molar-refractivity contribution in [3.8, 4) is 0 Å². The number of fused-ring (bicyclic) bond motifs is 1. The monoisotopic (exact) mass is 363 g/mol.